The van der Waals surface area contributed by atoms with Gasteiger partial charge in [-0.3, -0.25) is 39.9 Å². The number of nitrogens with zero attached hydrogens (tertiary/aromatic N) is 20. The van der Waals surface area contributed by atoms with Gasteiger partial charge in [-0.2, -0.15) is 29.8 Å². The molecule has 0 spiro atoms. The number of aromatic amines is 10. The predicted octanol–water partition coefficient (Wildman–Crippen LogP) is 11.5. The fraction of sp³-hybridized carbons (Fsp3) is 0.211. The van der Waals surface area contributed by atoms with E-state index in [1.807, 2.05) is 154 Å². The lowest BCUT2D eigenvalue weighted by Crippen LogP contribution is -2.31. The number of benzene rings is 5. The molecule has 1 aliphatic carbocycles. The molecule has 0 saturated heterocycles. The number of nitrogens with one attached hydrogen (secondary N) is 11. The third-order valence-corrected chi connectivity index (χ3v) is 25.7. The van der Waals surface area contributed by atoms with Crippen LogP contribution in [0.15, 0.2) is 164 Å². The number of hydrogen-bond donors (Lipinski definition) is 16. The van der Waals surface area contributed by atoms with Crippen LogP contribution in [-0.4, -0.2) is 223 Å². The highest BCUT2D eigenvalue weighted by atomic mass is 32.2. The Labute approximate surface area is 776 Å². The molecular weight excluding hydrogens is 1790 g/mol. The van der Waals surface area contributed by atoms with Crippen molar-refractivity contribution in [1.29, 1.82) is 0 Å². The number of nitrogen functional groups attached to an aromatic ring is 5. The van der Waals surface area contributed by atoms with E-state index in [2.05, 4.69) is 121 Å². The zero-order valence-corrected chi connectivity index (χ0v) is 76.8. The molecule has 22 rings (SSSR count). The van der Waals surface area contributed by atoms with Crippen LogP contribution in [0.3, 0.4) is 0 Å². The maximum absolute atomic E-state index is 12.7. The van der Waals surface area contributed by atoms with Crippen LogP contribution >= 0.6 is 11.3 Å². The number of carbonyl (C=O) groups is 3. The van der Waals surface area contributed by atoms with E-state index in [1.54, 1.807) is 52.4 Å². The molecule has 21 N–H and O–H groups in total. The Hall–Kier alpha value is -16.6. The first-order valence-corrected chi connectivity index (χ1v) is 47.7. The molecule has 136 heavy (non-hydrogen) atoms. The molecule has 692 valence electrons. The summed E-state index contributed by atoms with van der Waals surface area (Å²) in [6.45, 7) is 10.9. The third-order valence-electron chi connectivity index (χ3n) is 23.0. The standard InChI is InChI=1S/C20H18N8OS.C20H21N7O.C19H21N7O.C16H17N7O2S.C15H15N7O2S/c1-2-28(20(29)19-22-7-8-30-19)10-15-25-16-12-4-3-11(13-5-6-23-27-13)9-14(12)24-18(21)17(16)26-15;1-2-27(20(28)11-3-4-11)10-16-24-17-13-6-5-12(14-7-8-22-26-14)9-15(13)23-19(21)18(17)25-16;1-3-16(27)26(4-2)10-15-23-17-12-6-5-11(13-7-8-21-25-13)9-14(12)22-19(20)18(17)24-15;1-23(26(2,24)25)8-13-20-14-10-4-3-9(11-5-6-18-22-11)7-12(10)19-16(17)15(14)21-13;1-25(23,24)18-7-12-20-13-9-3-2-8(10-4-5-17-22-10)6-11(9)19-15(16)14(13)21-12/h3-9H,2,10H2,1H3,(H2,21,24)(H,23,27)(H,25,26);5-9,11H,2-4,10H2,1H3,(H2,21,23)(H,22,26)(H,24,25);5-9H,3-4,10H2,1-2H3,(H2,20,22)(H,21,25)(H,23,24);3-7H,8H2,1-2H3,(H2,17,19)(H,18,22)(H,20,21);2-6,18H,7H2,1H3,(H2,16,19)(H,17,22)(H,20,21). The second-order valence-electron chi connectivity index (χ2n) is 32.2. The van der Waals surface area contributed by atoms with Gasteiger partial charge in [-0.05, 0) is 125 Å². The molecule has 1 fully saturated rings. The number of amides is 3. The number of sulfonamides is 2. The smallest absolute Gasteiger partial charge is 0.283 e. The summed E-state index contributed by atoms with van der Waals surface area (Å²) in [4.78, 5) is 108. The average Bonchev–Trinajstić information content (AvgIpc) is 1.56. The van der Waals surface area contributed by atoms with Crippen molar-refractivity contribution in [3.8, 4) is 56.3 Å². The van der Waals surface area contributed by atoms with Gasteiger partial charge in [-0.25, -0.2) is 76.4 Å². The quantitative estimate of drug-likeness (QED) is 0.0283. The highest BCUT2D eigenvalue weighted by molar-refractivity contribution is 7.88. The fourth-order valence-corrected chi connectivity index (χ4v) is 17.1. The van der Waals surface area contributed by atoms with Crippen molar-refractivity contribution in [3.63, 3.8) is 0 Å². The summed E-state index contributed by atoms with van der Waals surface area (Å²) in [6, 6.07) is 38.8. The normalized spacial score (nSPS) is 12.3. The fourth-order valence-electron chi connectivity index (χ4n) is 15.8. The van der Waals surface area contributed by atoms with Crippen LogP contribution < -0.4 is 33.4 Å². The van der Waals surface area contributed by atoms with Crippen molar-refractivity contribution in [3.05, 3.63) is 198 Å². The van der Waals surface area contributed by atoms with E-state index in [4.69, 9.17) is 43.6 Å². The van der Waals surface area contributed by atoms with E-state index in [9.17, 15) is 31.2 Å². The first kappa shape index (κ1) is 90.0. The predicted molar refractivity (Wildman–Crippen MR) is 523 cm³/mol. The van der Waals surface area contributed by atoms with E-state index in [-0.39, 0.29) is 36.7 Å². The van der Waals surface area contributed by atoms with Gasteiger partial charge in [-0.15, -0.1) is 11.3 Å². The maximum Gasteiger partial charge on any atom is 0.283 e. The van der Waals surface area contributed by atoms with Gasteiger partial charge in [-0.1, -0.05) is 37.3 Å². The second-order valence-corrected chi connectivity index (χ2v) is 37.0. The molecule has 0 aliphatic heterocycles. The number of hydrogen-bond acceptors (Lipinski definition) is 29. The Morgan fingerprint density at radius 3 is 0.971 bits per heavy atom. The first-order valence-electron chi connectivity index (χ1n) is 43.1. The lowest BCUT2D eigenvalue weighted by atomic mass is 10.1. The van der Waals surface area contributed by atoms with Crippen LogP contribution in [0.4, 0.5) is 29.1 Å². The third kappa shape index (κ3) is 19.0. The molecule has 0 unspecified atom stereocenters. The van der Waals surface area contributed by atoms with Crippen LogP contribution in [0.25, 0.3) is 166 Å². The SMILES string of the molecule is CCC(=O)N(CC)Cc1nc2c([nH]1)c(N)nc1cc(-c3ccn[nH]3)ccc12.CCN(Cc1nc2c([nH]1)c(N)nc1cc(-c3ccn[nH]3)ccc12)C(=O)C1CC1.CCN(Cc1nc2c([nH]1)c(N)nc1cc(-c3ccn[nH]3)ccc12)C(=O)c1nccs1.CN(Cc1nc2c([nH]1)c(N)nc1cc(-c3ccn[nH]3)ccc12)S(C)(=O)=O.CS(=O)(=O)NCc1nc2c([nH]1)c(N)nc1cc(-c3ccn[nH]3)ccc12. The summed E-state index contributed by atoms with van der Waals surface area (Å²) >= 11 is 1.32. The van der Waals surface area contributed by atoms with Crippen molar-refractivity contribution < 1.29 is 31.2 Å². The molecule has 5 aromatic carbocycles. The van der Waals surface area contributed by atoms with E-state index in [0.29, 0.717) is 153 Å². The van der Waals surface area contributed by atoms with Crippen molar-refractivity contribution >= 4 is 188 Å². The molecule has 0 atom stereocenters. The molecule has 1 saturated carbocycles. The molecule has 16 aromatic heterocycles. The Morgan fingerprint density at radius 1 is 0.397 bits per heavy atom. The highest BCUT2D eigenvalue weighted by Crippen LogP contribution is 2.38. The minimum absolute atomic E-state index is 0.0562. The van der Waals surface area contributed by atoms with Gasteiger partial charge in [0.25, 0.3) is 5.91 Å². The molecule has 0 bridgehead atoms. The van der Waals surface area contributed by atoms with E-state index in [1.165, 1.54) is 22.7 Å². The lowest BCUT2D eigenvalue weighted by molar-refractivity contribution is -0.133. The monoisotopic (exact) mass is 1880 g/mol. The summed E-state index contributed by atoms with van der Waals surface area (Å²) in [5, 5.41) is 41.2. The summed E-state index contributed by atoms with van der Waals surface area (Å²) in [7, 11) is -5.12. The van der Waals surface area contributed by atoms with Crippen LogP contribution in [0.2, 0.25) is 0 Å². The number of imidazole rings is 5. The van der Waals surface area contributed by atoms with Gasteiger partial charge >= 0.3 is 0 Å². The van der Waals surface area contributed by atoms with E-state index < -0.39 is 20.0 Å². The maximum atomic E-state index is 12.7. The number of fused-ring (bicyclic) bond motifs is 15. The van der Waals surface area contributed by atoms with Crippen LogP contribution in [0.5, 0.6) is 0 Å². The average molecular weight is 1890 g/mol. The van der Waals surface area contributed by atoms with E-state index in [0.717, 1.165) is 147 Å². The molecule has 16 heterocycles. The van der Waals surface area contributed by atoms with Gasteiger partial charge in [0.15, 0.2) is 5.01 Å². The van der Waals surface area contributed by atoms with Crippen molar-refractivity contribution in [1.82, 2.24) is 154 Å². The topological polar surface area (TPSA) is 639 Å². The van der Waals surface area contributed by atoms with Gasteiger partial charge in [0.1, 0.15) is 113 Å². The Bertz CT molecular complexity index is 8260. The molecule has 21 aromatic rings. The Balaban J connectivity index is 0.000000113. The van der Waals surface area contributed by atoms with Crippen LogP contribution in [0.1, 0.15) is 85.9 Å². The van der Waals surface area contributed by atoms with E-state index >= 15 is 0 Å². The number of carbonyl (C=O) groups excluding carboxylic acids is 3. The molecule has 3 amide bonds. The second kappa shape index (κ2) is 37.6. The minimum atomic E-state index is -3.31. The van der Waals surface area contributed by atoms with Crippen molar-refractivity contribution in [2.45, 2.75) is 79.7 Å². The first-order chi connectivity index (χ1) is 65.6. The lowest BCUT2D eigenvalue weighted by Gasteiger charge is -2.19. The van der Waals surface area contributed by atoms with Crippen LogP contribution in [-0.2, 0) is 62.4 Å². The number of rotatable bonds is 23. The Kier molecular flexibility index (Phi) is 24.9. The molecule has 1 aliphatic rings. The number of pyridine rings is 5. The zero-order chi connectivity index (χ0) is 95.0. The molecular formula is C90H92N36O7S3. The summed E-state index contributed by atoms with van der Waals surface area (Å²) < 4.78 is 49.4. The minimum Gasteiger partial charge on any atom is -0.382 e. The molecule has 46 heteroatoms. The Morgan fingerprint density at radius 2 is 0.699 bits per heavy atom. The van der Waals surface area contributed by atoms with Gasteiger partial charge in [0.05, 0.1) is 101 Å². The number of anilines is 5. The summed E-state index contributed by atoms with van der Waals surface area (Å²) in [5.74, 6) is 5.22. The highest BCUT2D eigenvalue weighted by Gasteiger charge is 2.34. The largest absolute Gasteiger partial charge is 0.382 e. The number of nitrogens with two attached hydrogens (primary N) is 5. The number of aromatic nitrogens is 26. The summed E-state index contributed by atoms with van der Waals surface area (Å²) in [5.41, 5.74) is 50.6. The number of thiazole rings is 1. The molecule has 43 nitrogen and oxygen atoms in total. The zero-order valence-electron chi connectivity index (χ0n) is 74.4. The summed E-state index contributed by atoms with van der Waals surface area (Å²) in [6.07, 6.45) is 14.8. The number of H-pyrrole nitrogens is 10. The molecule has 0 radical (unpaired) electrons. The van der Waals surface area contributed by atoms with Gasteiger partial charge in [0, 0.05) is 136 Å². The van der Waals surface area contributed by atoms with Crippen molar-refractivity contribution in [2.24, 2.45) is 5.92 Å². The van der Waals surface area contributed by atoms with Gasteiger partial charge in [0.2, 0.25) is 31.9 Å². The van der Waals surface area contributed by atoms with Gasteiger partial charge < -0.3 is 68.3 Å². The van der Waals surface area contributed by atoms with Crippen LogP contribution in [0, 0.1) is 5.92 Å². The van der Waals surface area contributed by atoms with Crippen molar-refractivity contribution in [2.75, 3.05) is 67.9 Å².